The van der Waals surface area contributed by atoms with Gasteiger partial charge in [-0.25, -0.2) is 0 Å². The molecule has 0 bridgehead atoms. The number of H-pyrrole nitrogens is 1. The Balaban J connectivity index is 1.40. The van der Waals surface area contributed by atoms with Crippen LogP contribution in [0.25, 0.3) is 11.0 Å². The van der Waals surface area contributed by atoms with Crippen LogP contribution in [0.15, 0.2) is 42.6 Å². The normalized spacial score (nSPS) is 17.8. The van der Waals surface area contributed by atoms with Gasteiger partial charge in [-0.3, -0.25) is 9.78 Å². The van der Waals surface area contributed by atoms with Crippen LogP contribution in [0.1, 0.15) is 28.9 Å². The third kappa shape index (κ3) is 3.51. The Hall–Kier alpha value is -2.80. The van der Waals surface area contributed by atoms with Crippen LogP contribution < -0.4 is 0 Å². The van der Waals surface area contributed by atoms with Crippen LogP contribution in [0.3, 0.4) is 0 Å². The Morgan fingerprint density at radius 3 is 3.04 bits per heavy atom. The molecule has 0 aliphatic carbocycles. The summed E-state index contributed by atoms with van der Waals surface area (Å²) < 4.78 is 5.96. The van der Waals surface area contributed by atoms with E-state index in [0.29, 0.717) is 24.2 Å². The van der Waals surface area contributed by atoms with Crippen LogP contribution in [-0.4, -0.2) is 50.4 Å². The molecule has 0 saturated carbocycles. The standard InChI is InChI=1S/C18H19N5O2/c24-18(13-6-7-16-17(10-13)21-22-20-16)23-9-3-5-15(11-23)25-12-14-4-1-2-8-19-14/h1-2,4,6-8,10,15H,3,5,9,11-12H2,(H,20,21,22)/t15-/m1/s1. The highest BCUT2D eigenvalue weighted by Crippen LogP contribution is 2.19. The molecule has 3 aromatic rings. The second-order valence-electron chi connectivity index (χ2n) is 6.17. The van der Waals surface area contributed by atoms with E-state index in [1.54, 1.807) is 18.3 Å². The Bertz CT molecular complexity index is 864. The molecule has 1 fully saturated rings. The van der Waals surface area contributed by atoms with Crippen LogP contribution in [0.4, 0.5) is 0 Å². The summed E-state index contributed by atoms with van der Waals surface area (Å²) in [5, 5.41) is 10.6. The molecule has 0 unspecified atom stereocenters. The van der Waals surface area contributed by atoms with Gasteiger partial charge in [0.2, 0.25) is 0 Å². The van der Waals surface area contributed by atoms with E-state index < -0.39 is 0 Å². The third-order valence-corrected chi connectivity index (χ3v) is 4.42. The number of likely N-dealkylation sites (tertiary alicyclic amines) is 1. The molecule has 7 nitrogen and oxygen atoms in total. The van der Waals surface area contributed by atoms with Crippen molar-refractivity contribution in [3.63, 3.8) is 0 Å². The summed E-state index contributed by atoms with van der Waals surface area (Å²) >= 11 is 0. The van der Waals surface area contributed by atoms with E-state index >= 15 is 0 Å². The van der Waals surface area contributed by atoms with Crippen molar-refractivity contribution < 1.29 is 9.53 Å². The highest BCUT2D eigenvalue weighted by Gasteiger charge is 2.25. The van der Waals surface area contributed by atoms with Crippen LogP contribution in [0, 0.1) is 0 Å². The molecule has 1 aliphatic heterocycles. The van der Waals surface area contributed by atoms with Gasteiger partial charge in [0.25, 0.3) is 5.91 Å². The number of carbonyl (C=O) groups is 1. The smallest absolute Gasteiger partial charge is 0.254 e. The van der Waals surface area contributed by atoms with Gasteiger partial charge in [0.05, 0.1) is 18.4 Å². The minimum absolute atomic E-state index is 0.0102. The molecule has 1 aromatic carbocycles. The zero-order valence-corrected chi connectivity index (χ0v) is 13.8. The topological polar surface area (TPSA) is 84.0 Å². The molecule has 3 heterocycles. The number of pyridine rings is 1. The number of hydrogen-bond donors (Lipinski definition) is 1. The first-order valence-corrected chi connectivity index (χ1v) is 8.41. The number of carbonyl (C=O) groups excluding carboxylic acids is 1. The lowest BCUT2D eigenvalue weighted by atomic mass is 10.1. The highest BCUT2D eigenvalue weighted by atomic mass is 16.5. The average Bonchev–Trinajstić information content (AvgIpc) is 3.14. The van der Waals surface area contributed by atoms with Crippen molar-refractivity contribution in [3.05, 3.63) is 53.9 Å². The fourth-order valence-corrected chi connectivity index (χ4v) is 3.10. The molecule has 2 aromatic heterocycles. The molecular weight excluding hydrogens is 318 g/mol. The molecule has 1 amide bonds. The summed E-state index contributed by atoms with van der Waals surface area (Å²) in [7, 11) is 0. The Morgan fingerprint density at radius 2 is 2.16 bits per heavy atom. The number of nitrogens with zero attached hydrogens (tertiary/aromatic N) is 4. The molecule has 1 aliphatic rings. The van der Waals surface area contributed by atoms with E-state index in [1.807, 2.05) is 29.2 Å². The minimum Gasteiger partial charge on any atom is -0.370 e. The highest BCUT2D eigenvalue weighted by molar-refractivity contribution is 5.97. The summed E-state index contributed by atoms with van der Waals surface area (Å²) in [5.41, 5.74) is 2.99. The van der Waals surface area contributed by atoms with Gasteiger partial charge in [0.1, 0.15) is 11.0 Å². The van der Waals surface area contributed by atoms with Gasteiger partial charge >= 0.3 is 0 Å². The van der Waals surface area contributed by atoms with Crippen molar-refractivity contribution in [2.24, 2.45) is 0 Å². The van der Waals surface area contributed by atoms with E-state index in [1.165, 1.54) is 0 Å². The lowest BCUT2D eigenvalue weighted by molar-refractivity contribution is -0.00784. The molecule has 0 spiro atoms. The third-order valence-electron chi connectivity index (χ3n) is 4.42. The maximum Gasteiger partial charge on any atom is 0.254 e. The number of aromatic amines is 1. The second-order valence-corrected chi connectivity index (χ2v) is 6.17. The predicted octanol–water partition coefficient (Wildman–Crippen LogP) is 2.17. The van der Waals surface area contributed by atoms with Crippen molar-refractivity contribution in [2.75, 3.05) is 13.1 Å². The first-order valence-electron chi connectivity index (χ1n) is 8.41. The quantitative estimate of drug-likeness (QED) is 0.789. The van der Waals surface area contributed by atoms with E-state index in [4.69, 9.17) is 4.74 Å². The number of ether oxygens (including phenoxy) is 1. The van der Waals surface area contributed by atoms with Crippen molar-refractivity contribution in [3.8, 4) is 0 Å². The van der Waals surface area contributed by atoms with Gasteiger partial charge in [0.15, 0.2) is 0 Å². The van der Waals surface area contributed by atoms with Gasteiger partial charge in [-0.05, 0) is 43.2 Å². The fourth-order valence-electron chi connectivity index (χ4n) is 3.10. The summed E-state index contributed by atoms with van der Waals surface area (Å²) in [6.45, 7) is 1.82. The molecule has 4 rings (SSSR count). The summed E-state index contributed by atoms with van der Waals surface area (Å²) in [5.74, 6) is 0.0102. The predicted molar refractivity (Wildman–Crippen MR) is 91.8 cm³/mol. The zero-order chi connectivity index (χ0) is 17.1. The number of hydrogen-bond acceptors (Lipinski definition) is 5. The van der Waals surface area contributed by atoms with Gasteiger partial charge in [0, 0.05) is 24.8 Å². The van der Waals surface area contributed by atoms with E-state index in [0.717, 1.165) is 30.6 Å². The van der Waals surface area contributed by atoms with Gasteiger partial charge in [-0.2, -0.15) is 15.4 Å². The summed E-state index contributed by atoms with van der Waals surface area (Å²) in [6.07, 6.45) is 3.69. The second kappa shape index (κ2) is 6.98. The van der Waals surface area contributed by atoms with Crippen molar-refractivity contribution >= 4 is 16.9 Å². The number of fused-ring (bicyclic) bond motifs is 1. The molecular formula is C18H19N5O2. The van der Waals surface area contributed by atoms with Crippen molar-refractivity contribution in [2.45, 2.75) is 25.6 Å². The van der Waals surface area contributed by atoms with Gasteiger partial charge in [-0.15, -0.1) is 0 Å². The van der Waals surface area contributed by atoms with Crippen LogP contribution in [0.5, 0.6) is 0 Å². The first-order chi connectivity index (χ1) is 12.3. The lowest BCUT2D eigenvalue weighted by Crippen LogP contribution is -2.43. The van der Waals surface area contributed by atoms with Gasteiger partial charge < -0.3 is 9.64 Å². The molecule has 1 atom stereocenters. The van der Waals surface area contributed by atoms with E-state index in [9.17, 15) is 4.79 Å². The van der Waals surface area contributed by atoms with Crippen LogP contribution >= 0.6 is 0 Å². The number of amides is 1. The number of benzene rings is 1. The van der Waals surface area contributed by atoms with Crippen LogP contribution in [-0.2, 0) is 11.3 Å². The van der Waals surface area contributed by atoms with Crippen molar-refractivity contribution in [1.82, 2.24) is 25.3 Å². The Labute approximate surface area is 145 Å². The molecule has 1 N–H and O–H groups in total. The number of nitrogens with one attached hydrogen (secondary N) is 1. The summed E-state index contributed by atoms with van der Waals surface area (Å²) in [4.78, 5) is 18.9. The fraction of sp³-hybridized carbons (Fsp3) is 0.333. The molecule has 7 heteroatoms. The van der Waals surface area contributed by atoms with Gasteiger partial charge in [-0.1, -0.05) is 6.07 Å². The molecule has 1 saturated heterocycles. The van der Waals surface area contributed by atoms with Crippen LogP contribution in [0.2, 0.25) is 0 Å². The maximum absolute atomic E-state index is 12.8. The summed E-state index contributed by atoms with van der Waals surface area (Å²) in [6, 6.07) is 11.2. The number of aromatic nitrogens is 4. The zero-order valence-electron chi connectivity index (χ0n) is 13.8. The van der Waals surface area contributed by atoms with E-state index in [2.05, 4.69) is 20.4 Å². The maximum atomic E-state index is 12.8. The monoisotopic (exact) mass is 337 g/mol. The lowest BCUT2D eigenvalue weighted by Gasteiger charge is -2.32. The Kier molecular flexibility index (Phi) is 4.39. The largest absolute Gasteiger partial charge is 0.370 e. The SMILES string of the molecule is O=C(c1ccc2n[nH]nc2c1)N1CCC[C@@H](OCc2ccccn2)C1. The Morgan fingerprint density at radius 1 is 1.24 bits per heavy atom. The minimum atomic E-state index is 0.0102. The first kappa shape index (κ1) is 15.7. The molecule has 0 radical (unpaired) electrons. The number of piperidine rings is 1. The number of rotatable bonds is 4. The van der Waals surface area contributed by atoms with Crippen molar-refractivity contribution in [1.29, 1.82) is 0 Å². The van der Waals surface area contributed by atoms with E-state index in [-0.39, 0.29) is 12.0 Å². The molecule has 25 heavy (non-hydrogen) atoms. The average molecular weight is 337 g/mol. The molecule has 128 valence electrons.